The minimum Gasteiger partial charge on any atom is -0.375 e. The van der Waals surface area contributed by atoms with Crippen LogP contribution in [0.1, 0.15) is 12.5 Å². The van der Waals surface area contributed by atoms with E-state index in [9.17, 15) is 9.59 Å². The summed E-state index contributed by atoms with van der Waals surface area (Å²) in [6.45, 7) is 4.08. The number of allylic oxidation sites excluding steroid dienone is 1. The SMILES string of the molecule is COCC(=O)N1CCN(C(=O)/C=C(\C)c2ccccc2Cl)CC1. The van der Waals surface area contributed by atoms with Gasteiger partial charge >= 0.3 is 0 Å². The summed E-state index contributed by atoms with van der Waals surface area (Å²) in [7, 11) is 1.50. The van der Waals surface area contributed by atoms with Crippen molar-refractivity contribution in [2.24, 2.45) is 0 Å². The first-order chi connectivity index (χ1) is 11.0. The Bertz CT molecular complexity index is 608. The van der Waals surface area contributed by atoms with Crippen LogP contribution in [0.2, 0.25) is 5.02 Å². The number of ether oxygens (including phenoxy) is 1. The average Bonchev–Trinajstić information content (AvgIpc) is 2.55. The molecule has 0 bridgehead atoms. The Labute approximate surface area is 141 Å². The largest absolute Gasteiger partial charge is 0.375 e. The van der Waals surface area contributed by atoms with E-state index in [0.29, 0.717) is 31.2 Å². The van der Waals surface area contributed by atoms with Gasteiger partial charge in [0, 0.05) is 44.4 Å². The van der Waals surface area contributed by atoms with Crippen molar-refractivity contribution in [2.75, 3.05) is 39.9 Å². The molecule has 23 heavy (non-hydrogen) atoms. The fourth-order valence-corrected chi connectivity index (χ4v) is 2.81. The smallest absolute Gasteiger partial charge is 0.248 e. The molecule has 0 aliphatic carbocycles. The molecule has 1 aliphatic rings. The molecule has 0 N–H and O–H groups in total. The molecule has 6 heteroatoms. The summed E-state index contributed by atoms with van der Waals surface area (Å²) in [5.74, 6) is -0.0938. The van der Waals surface area contributed by atoms with Crippen LogP contribution in [0, 0.1) is 0 Å². The first kappa shape index (κ1) is 17.5. The Hall–Kier alpha value is -1.85. The molecule has 5 nitrogen and oxygen atoms in total. The van der Waals surface area contributed by atoms with Crippen LogP contribution in [0.4, 0.5) is 0 Å². The van der Waals surface area contributed by atoms with E-state index in [1.807, 2.05) is 25.1 Å². The Balaban J connectivity index is 1.96. The molecular formula is C17H21ClN2O3. The summed E-state index contributed by atoms with van der Waals surface area (Å²) >= 11 is 6.15. The number of carbonyl (C=O) groups is 2. The lowest BCUT2D eigenvalue weighted by atomic mass is 10.1. The maximum Gasteiger partial charge on any atom is 0.248 e. The van der Waals surface area contributed by atoms with Crippen LogP contribution in [0.5, 0.6) is 0 Å². The van der Waals surface area contributed by atoms with E-state index in [4.69, 9.17) is 16.3 Å². The van der Waals surface area contributed by atoms with Gasteiger partial charge in [0.1, 0.15) is 6.61 Å². The lowest BCUT2D eigenvalue weighted by Gasteiger charge is -2.34. The molecule has 1 aromatic carbocycles. The minimum absolute atomic E-state index is 0.0395. The number of nitrogens with zero attached hydrogens (tertiary/aromatic N) is 2. The van der Waals surface area contributed by atoms with Crippen molar-refractivity contribution in [1.29, 1.82) is 0 Å². The number of benzene rings is 1. The van der Waals surface area contributed by atoms with Gasteiger partial charge in [0.25, 0.3) is 0 Å². The average molecular weight is 337 g/mol. The first-order valence-corrected chi connectivity index (χ1v) is 7.89. The van der Waals surface area contributed by atoms with Crippen LogP contribution < -0.4 is 0 Å². The Morgan fingerprint density at radius 3 is 2.39 bits per heavy atom. The van der Waals surface area contributed by atoms with E-state index in [2.05, 4.69) is 0 Å². The summed E-state index contributed by atoms with van der Waals surface area (Å²) in [6.07, 6.45) is 1.61. The van der Waals surface area contributed by atoms with Crippen LogP contribution in [-0.2, 0) is 14.3 Å². The topological polar surface area (TPSA) is 49.9 Å². The fraction of sp³-hybridized carbons (Fsp3) is 0.412. The van der Waals surface area contributed by atoms with Gasteiger partial charge in [-0.1, -0.05) is 29.8 Å². The third-order valence-electron chi connectivity index (χ3n) is 3.85. The molecule has 1 aromatic rings. The monoisotopic (exact) mass is 336 g/mol. The molecule has 124 valence electrons. The predicted molar refractivity (Wildman–Crippen MR) is 90.1 cm³/mol. The van der Waals surface area contributed by atoms with Crippen molar-refractivity contribution >= 4 is 29.0 Å². The summed E-state index contributed by atoms with van der Waals surface area (Å²) in [5, 5.41) is 0.629. The number of piperazine rings is 1. The van der Waals surface area contributed by atoms with Crippen LogP contribution in [0.15, 0.2) is 30.3 Å². The minimum atomic E-state index is -0.0544. The molecule has 1 heterocycles. The van der Waals surface area contributed by atoms with Crippen LogP contribution in [-0.4, -0.2) is 61.5 Å². The number of halogens is 1. The maximum absolute atomic E-state index is 12.4. The molecule has 0 aromatic heterocycles. The predicted octanol–water partition coefficient (Wildman–Crippen LogP) is 2.06. The van der Waals surface area contributed by atoms with E-state index in [-0.39, 0.29) is 18.4 Å². The van der Waals surface area contributed by atoms with Gasteiger partial charge in [-0.15, -0.1) is 0 Å². The Kier molecular flexibility index (Phi) is 6.19. The highest BCUT2D eigenvalue weighted by molar-refractivity contribution is 6.32. The quantitative estimate of drug-likeness (QED) is 0.791. The van der Waals surface area contributed by atoms with Crippen molar-refractivity contribution in [2.45, 2.75) is 6.92 Å². The third-order valence-corrected chi connectivity index (χ3v) is 4.18. The standard InChI is InChI=1S/C17H21ClN2O3/c1-13(14-5-3-4-6-15(14)18)11-16(21)19-7-9-20(10-8-19)17(22)12-23-2/h3-6,11H,7-10,12H2,1-2H3/b13-11+. The first-order valence-electron chi connectivity index (χ1n) is 7.51. The van der Waals surface area contributed by atoms with E-state index >= 15 is 0 Å². The van der Waals surface area contributed by atoms with Gasteiger partial charge in [-0.25, -0.2) is 0 Å². The van der Waals surface area contributed by atoms with Gasteiger partial charge in [0.15, 0.2) is 0 Å². The number of hydrogen-bond acceptors (Lipinski definition) is 3. The second kappa shape index (κ2) is 8.13. The fourth-order valence-electron chi connectivity index (χ4n) is 2.53. The second-order valence-electron chi connectivity index (χ2n) is 5.45. The number of hydrogen-bond donors (Lipinski definition) is 0. The van der Waals surface area contributed by atoms with Gasteiger partial charge in [-0.3, -0.25) is 9.59 Å². The lowest BCUT2D eigenvalue weighted by Crippen LogP contribution is -2.51. The summed E-state index contributed by atoms with van der Waals surface area (Å²) in [4.78, 5) is 27.6. The van der Waals surface area contributed by atoms with E-state index in [1.54, 1.807) is 21.9 Å². The molecule has 0 radical (unpaired) electrons. The van der Waals surface area contributed by atoms with Crippen LogP contribution in [0.3, 0.4) is 0 Å². The molecule has 0 spiro atoms. The summed E-state index contributed by atoms with van der Waals surface area (Å²) in [5.41, 5.74) is 1.69. The van der Waals surface area contributed by atoms with E-state index < -0.39 is 0 Å². The van der Waals surface area contributed by atoms with Crippen LogP contribution in [0.25, 0.3) is 5.57 Å². The highest BCUT2D eigenvalue weighted by Crippen LogP contribution is 2.23. The van der Waals surface area contributed by atoms with E-state index in [1.165, 1.54) is 7.11 Å². The molecule has 0 atom stereocenters. The molecule has 0 saturated carbocycles. The third kappa shape index (κ3) is 4.56. The summed E-state index contributed by atoms with van der Waals surface area (Å²) in [6, 6.07) is 7.45. The van der Waals surface area contributed by atoms with Gasteiger partial charge < -0.3 is 14.5 Å². The number of carbonyl (C=O) groups excluding carboxylic acids is 2. The molecule has 1 saturated heterocycles. The molecule has 1 fully saturated rings. The van der Waals surface area contributed by atoms with Crippen molar-refractivity contribution in [3.63, 3.8) is 0 Å². The molecular weight excluding hydrogens is 316 g/mol. The van der Waals surface area contributed by atoms with Gasteiger partial charge in [0.05, 0.1) is 0 Å². The highest BCUT2D eigenvalue weighted by atomic mass is 35.5. The number of amides is 2. The Morgan fingerprint density at radius 2 is 1.78 bits per heavy atom. The number of methoxy groups -OCH3 is 1. The van der Waals surface area contributed by atoms with Gasteiger partial charge in [-0.2, -0.15) is 0 Å². The zero-order valence-corrected chi connectivity index (χ0v) is 14.2. The van der Waals surface area contributed by atoms with E-state index in [0.717, 1.165) is 11.1 Å². The Morgan fingerprint density at radius 1 is 1.17 bits per heavy atom. The van der Waals surface area contributed by atoms with Crippen LogP contribution >= 0.6 is 11.6 Å². The number of rotatable bonds is 4. The zero-order chi connectivity index (χ0) is 16.8. The molecule has 0 unspecified atom stereocenters. The zero-order valence-electron chi connectivity index (χ0n) is 13.4. The second-order valence-corrected chi connectivity index (χ2v) is 5.85. The molecule has 2 rings (SSSR count). The normalized spacial score (nSPS) is 15.7. The lowest BCUT2D eigenvalue weighted by molar-refractivity contribution is -0.140. The van der Waals surface area contributed by atoms with Crippen molar-refractivity contribution in [1.82, 2.24) is 9.80 Å². The van der Waals surface area contributed by atoms with Gasteiger partial charge in [0.2, 0.25) is 11.8 Å². The van der Waals surface area contributed by atoms with Crippen molar-refractivity contribution < 1.29 is 14.3 Å². The van der Waals surface area contributed by atoms with Crippen molar-refractivity contribution in [3.05, 3.63) is 40.9 Å². The molecule has 1 aliphatic heterocycles. The highest BCUT2D eigenvalue weighted by Gasteiger charge is 2.23. The summed E-state index contributed by atoms with van der Waals surface area (Å²) < 4.78 is 4.85. The molecule has 2 amide bonds. The maximum atomic E-state index is 12.4. The van der Waals surface area contributed by atoms with Crippen molar-refractivity contribution in [3.8, 4) is 0 Å². The van der Waals surface area contributed by atoms with Gasteiger partial charge in [-0.05, 0) is 24.1 Å².